The van der Waals surface area contributed by atoms with Crippen LogP contribution < -0.4 is 5.32 Å². The zero-order valence-corrected chi connectivity index (χ0v) is 18.9. The van der Waals surface area contributed by atoms with Gasteiger partial charge < -0.3 is 4.57 Å². The number of carbonyl (C=O) groups is 3. The molecule has 1 aliphatic heterocycles. The van der Waals surface area contributed by atoms with Crippen LogP contribution in [-0.2, 0) is 9.59 Å². The maximum Gasteiger partial charge on any atom is 0.331 e. The molecule has 31 heavy (non-hydrogen) atoms. The number of hydrogen-bond donors (Lipinski definition) is 1. The minimum Gasteiger partial charge on any atom is -0.308 e. The van der Waals surface area contributed by atoms with Crippen molar-refractivity contribution in [2.24, 2.45) is 0 Å². The van der Waals surface area contributed by atoms with Crippen molar-refractivity contribution in [3.63, 3.8) is 0 Å². The van der Waals surface area contributed by atoms with Gasteiger partial charge in [-0.05, 0) is 63.8 Å². The number of imide groups is 2. The van der Waals surface area contributed by atoms with Gasteiger partial charge in [0, 0.05) is 22.3 Å². The van der Waals surface area contributed by atoms with E-state index < -0.39 is 17.8 Å². The fourth-order valence-corrected chi connectivity index (χ4v) is 5.68. The molecule has 0 spiro atoms. The SMILES string of the molecule is Cc1sc(-n2c(C)cc(/C=C3/C(=O)NC(=O)N(C4CCCC4)C3=O)c2C)c(C#N)c1C. The first kappa shape index (κ1) is 21.1. The van der Waals surface area contributed by atoms with Crippen molar-refractivity contribution in [2.75, 3.05) is 0 Å². The molecule has 2 fully saturated rings. The molecule has 1 aliphatic carbocycles. The zero-order valence-electron chi connectivity index (χ0n) is 18.0. The van der Waals surface area contributed by atoms with Gasteiger partial charge in [-0.2, -0.15) is 5.26 Å². The second kappa shape index (κ2) is 7.82. The third kappa shape index (κ3) is 3.39. The Labute approximate surface area is 185 Å². The predicted molar refractivity (Wildman–Crippen MR) is 118 cm³/mol. The summed E-state index contributed by atoms with van der Waals surface area (Å²) in [5.74, 6) is -1.21. The van der Waals surface area contributed by atoms with Crippen LogP contribution in [0.1, 0.15) is 58.6 Å². The van der Waals surface area contributed by atoms with Crippen LogP contribution in [0.2, 0.25) is 0 Å². The number of barbiturate groups is 1. The highest BCUT2D eigenvalue weighted by Gasteiger charge is 2.40. The van der Waals surface area contributed by atoms with E-state index in [-0.39, 0.29) is 11.6 Å². The van der Waals surface area contributed by atoms with E-state index in [1.165, 1.54) is 4.90 Å². The van der Waals surface area contributed by atoms with Crippen molar-refractivity contribution in [1.29, 1.82) is 5.26 Å². The second-order valence-corrected chi connectivity index (χ2v) is 9.37. The topological polar surface area (TPSA) is 95.2 Å². The lowest BCUT2D eigenvalue weighted by Crippen LogP contribution is -2.57. The monoisotopic (exact) mass is 436 g/mol. The van der Waals surface area contributed by atoms with Gasteiger partial charge >= 0.3 is 6.03 Å². The first-order chi connectivity index (χ1) is 14.7. The van der Waals surface area contributed by atoms with Crippen LogP contribution in [-0.4, -0.2) is 33.4 Å². The Morgan fingerprint density at radius 1 is 1.16 bits per heavy atom. The Balaban J connectivity index is 1.77. The van der Waals surface area contributed by atoms with Crippen LogP contribution in [0.5, 0.6) is 0 Å². The first-order valence-electron chi connectivity index (χ1n) is 10.3. The molecule has 8 heteroatoms. The fraction of sp³-hybridized carbons (Fsp3) is 0.391. The van der Waals surface area contributed by atoms with E-state index in [9.17, 15) is 19.6 Å². The number of urea groups is 1. The number of aryl methyl sites for hydroxylation is 2. The molecule has 2 aromatic rings. The van der Waals surface area contributed by atoms with E-state index in [0.717, 1.165) is 52.5 Å². The van der Waals surface area contributed by atoms with Crippen LogP contribution in [0.15, 0.2) is 11.6 Å². The molecule has 0 bridgehead atoms. The minimum atomic E-state index is -0.672. The Hall–Kier alpha value is -3.18. The molecule has 1 saturated heterocycles. The predicted octanol–water partition coefficient (Wildman–Crippen LogP) is 4.05. The second-order valence-electron chi connectivity index (χ2n) is 8.17. The quantitative estimate of drug-likeness (QED) is 0.580. The first-order valence-corrected chi connectivity index (χ1v) is 11.2. The summed E-state index contributed by atoms with van der Waals surface area (Å²) in [4.78, 5) is 40.2. The van der Waals surface area contributed by atoms with Crippen molar-refractivity contribution in [3.8, 4) is 11.1 Å². The van der Waals surface area contributed by atoms with Crippen LogP contribution >= 0.6 is 11.3 Å². The van der Waals surface area contributed by atoms with Gasteiger partial charge in [0.2, 0.25) is 0 Å². The highest BCUT2D eigenvalue weighted by Crippen LogP contribution is 2.34. The molecule has 160 valence electrons. The van der Waals surface area contributed by atoms with Gasteiger partial charge in [-0.15, -0.1) is 11.3 Å². The molecule has 0 atom stereocenters. The van der Waals surface area contributed by atoms with E-state index in [2.05, 4.69) is 11.4 Å². The van der Waals surface area contributed by atoms with Crippen LogP contribution in [0.25, 0.3) is 11.1 Å². The standard InChI is InChI=1S/C23H24N4O3S/c1-12-9-16(14(3)26(12)22-19(11-24)13(2)15(4)31-22)10-18-20(28)25-23(30)27(21(18)29)17-7-5-6-8-17/h9-10,17H,5-8H2,1-4H3,(H,25,28,30)/b18-10-. The molecule has 7 nitrogen and oxygen atoms in total. The molecule has 4 rings (SSSR count). The average Bonchev–Trinajstić information content (AvgIpc) is 3.39. The van der Waals surface area contributed by atoms with Gasteiger partial charge in [-0.25, -0.2) is 4.79 Å². The van der Waals surface area contributed by atoms with Crippen molar-refractivity contribution < 1.29 is 14.4 Å². The maximum absolute atomic E-state index is 13.1. The number of carbonyl (C=O) groups excluding carboxylic acids is 3. The Morgan fingerprint density at radius 2 is 1.84 bits per heavy atom. The van der Waals surface area contributed by atoms with Crippen molar-refractivity contribution in [3.05, 3.63) is 44.6 Å². The van der Waals surface area contributed by atoms with Gasteiger partial charge in [0.1, 0.15) is 16.6 Å². The van der Waals surface area contributed by atoms with Crippen molar-refractivity contribution in [1.82, 2.24) is 14.8 Å². The van der Waals surface area contributed by atoms with E-state index in [1.807, 2.05) is 38.3 Å². The summed E-state index contributed by atoms with van der Waals surface area (Å²) in [7, 11) is 0. The van der Waals surface area contributed by atoms with Crippen molar-refractivity contribution in [2.45, 2.75) is 59.4 Å². The van der Waals surface area contributed by atoms with Crippen molar-refractivity contribution >= 4 is 35.3 Å². The summed E-state index contributed by atoms with van der Waals surface area (Å²) in [5.41, 5.74) is 3.99. The highest BCUT2D eigenvalue weighted by molar-refractivity contribution is 7.14. The van der Waals surface area contributed by atoms with Gasteiger partial charge in [0.15, 0.2) is 0 Å². The Kier molecular flexibility index (Phi) is 5.31. The number of thiophene rings is 1. The number of nitrogens with zero attached hydrogens (tertiary/aromatic N) is 3. The molecular weight excluding hydrogens is 412 g/mol. The van der Waals surface area contributed by atoms with Gasteiger partial charge in [0.25, 0.3) is 11.8 Å². The largest absolute Gasteiger partial charge is 0.331 e. The minimum absolute atomic E-state index is 0.0363. The molecular formula is C23H24N4O3S. The highest BCUT2D eigenvalue weighted by atomic mass is 32.1. The lowest BCUT2D eigenvalue weighted by atomic mass is 10.1. The molecule has 0 unspecified atom stereocenters. The van der Waals surface area contributed by atoms with Crippen LogP contribution in [0, 0.1) is 39.0 Å². The molecule has 0 radical (unpaired) electrons. The third-order valence-corrected chi connectivity index (χ3v) is 7.47. The zero-order chi connectivity index (χ0) is 22.4. The third-order valence-electron chi connectivity index (χ3n) is 6.27. The van der Waals surface area contributed by atoms with Gasteiger partial charge in [0.05, 0.1) is 5.56 Å². The fourth-order valence-electron chi connectivity index (χ4n) is 4.47. The number of aromatic nitrogens is 1. The van der Waals surface area contributed by atoms with Gasteiger partial charge in [-0.1, -0.05) is 12.8 Å². The summed E-state index contributed by atoms with van der Waals surface area (Å²) < 4.78 is 1.99. The molecule has 2 aliphatic rings. The lowest BCUT2D eigenvalue weighted by Gasteiger charge is -2.31. The van der Waals surface area contributed by atoms with E-state index in [4.69, 9.17) is 0 Å². The number of hydrogen-bond acceptors (Lipinski definition) is 5. The number of rotatable bonds is 3. The summed E-state index contributed by atoms with van der Waals surface area (Å²) >= 11 is 1.55. The molecule has 0 aromatic carbocycles. The summed E-state index contributed by atoms with van der Waals surface area (Å²) in [6.45, 7) is 7.75. The maximum atomic E-state index is 13.1. The Bertz CT molecular complexity index is 1190. The van der Waals surface area contributed by atoms with Gasteiger partial charge in [-0.3, -0.25) is 19.8 Å². The molecule has 3 heterocycles. The number of nitrogens with one attached hydrogen (secondary N) is 1. The van der Waals surface area contributed by atoms with E-state index in [0.29, 0.717) is 11.1 Å². The molecule has 4 amide bonds. The normalized spacial score (nSPS) is 18.7. The van der Waals surface area contributed by atoms with E-state index >= 15 is 0 Å². The number of nitriles is 1. The van der Waals surface area contributed by atoms with Crippen LogP contribution in [0.4, 0.5) is 4.79 Å². The van der Waals surface area contributed by atoms with E-state index in [1.54, 1.807) is 17.4 Å². The molecule has 1 N–H and O–H groups in total. The lowest BCUT2D eigenvalue weighted by molar-refractivity contribution is -0.131. The average molecular weight is 437 g/mol. The smallest absolute Gasteiger partial charge is 0.308 e. The van der Waals surface area contributed by atoms with Crippen LogP contribution in [0.3, 0.4) is 0 Å². The Morgan fingerprint density at radius 3 is 2.48 bits per heavy atom. The summed E-state index contributed by atoms with van der Waals surface area (Å²) in [6.07, 6.45) is 5.03. The molecule has 1 saturated carbocycles. The molecule has 2 aromatic heterocycles. The number of amides is 4. The summed E-state index contributed by atoms with van der Waals surface area (Å²) in [5, 5.41) is 12.8. The summed E-state index contributed by atoms with van der Waals surface area (Å²) in [6, 6.07) is 3.40.